The molecule has 0 aromatic heterocycles. The zero-order chi connectivity index (χ0) is 11.8. The van der Waals surface area contributed by atoms with Crippen molar-refractivity contribution in [1.82, 2.24) is 0 Å². The van der Waals surface area contributed by atoms with E-state index >= 15 is 0 Å². The average Bonchev–Trinajstić information content (AvgIpc) is 2.38. The Hall–Kier alpha value is -0.0400. The van der Waals surface area contributed by atoms with Crippen LogP contribution in [0.3, 0.4) is 0 Å². The highest BCUT2D eigenvalue weighted by atomic mass is 16.5. The molecule has 0 amide bonds. The van der Waals surface area contributed by atoms with Crippen molar-refractivity contribution in [3.63, 3.8) is 0 Å². The average molecular weight is 224 g/mol. The molecule has 1 heterocycles. The standard InChI is InChI=1S/C15H28O/c1-5-13-14(3)10-8-7-9-12(11-14)16-15(13,4)6-2/h12-13H,5-11H2,1-4H3. The van der Waals surface area contributed by atoms with Gasteiger partial charge in [-0.25, -0.2) is 0 Å². The predicted molar refractivity (Wildman–Crippen MR) is 68.5 cm³/mol. The molecule has 1 heteroatoms. The van der Waals surface area contributed by atoms with Gasteiger partial charge in [0.25, 0.3) is 0 Å². The van der Waals surface area contributed by atoms with Gasteiger partial charge >= 0.3 is 0 Å². The van der Waals surface area contributed by atoms with E-state index in [-0.39, 0.29) is 5.60 Å². The molecule has 0 spiro atoms. The van der Waals surface area contributed by atoms with Crippen LogP contribution >= 0.6 is 0 Å². The largest absolute Gasteiger partial charge is 0.372 e. The first-order valence-electron chi connectivity index (χ1n) is 7.22. The summed E-state index contributed by atoms with van der Waals surface area (Å²) in [5.74, 6) is 0.749. The number of rotatable bonds is 2. The lowest BCUT2D eigenvalue weighted by molar-refractivity contribution is -0.201. The van der Waals surface area contributed by atoms with Crippen molar-refractivity contribution < 1.29 is 4.74 Å². The van der Waals surface area contributed by atoms with E-state index in [0.29, 0.717) is 11.5 Å². The van der Waals surface area contributed by atoms with Gasteiger partial charge in [-0.2, -0.15) is 0 Å². The first-order valence-corrected chi connectivity index (χ1v) is 7.22. The van der Waals surface area contributed by atoms with E-state index in [9.17, 15) is 0 Å². The van der Waals surface area contributed by atoms with Crippen LogP contribution in [0.2, 0.25) is 0 Å². The van der Waals surface area contributed by atoms with Gasteiger partial charge in [0.2, 0.25) is 0 Å². The fourth-order valence-electron chi connectivity index (χ4n) is 4.50. The van der Waals surface area contributed by atoms with E-state index in [2.05, 4.69) is 27.7 Å². The highest BCUT2D eigenvalue weighted by Crippen LogP contribution is 2.54. The van der Waals surface area contributed by atoms with Crippen LogP contribution in [-0.4, -0.2) is 11.7 Å². The van der Waals surface area contributed by atoms with E-state index in [1.165, 1.54) is 38.5 Å². The molecule has 2 bridgehead atoms. The molecule has 2 rings (SSSR count). The predicted octanol–water partition coefficient (Wildman–Crippen LogP) is 4.55. The Morgan fingerprint density at radius 1 is 1.19 bits per heavy atom. The Morgan fingerprint density at radius 3 is 2.56 bits per heavy atom. The van der Waals surface area contributed by atoms with Crippen LogP contribution in [0.25, 0.3) is 0 Å². The summed E-state index contributed by atoms with van der Waals surface area (Å²) in [6.45, 7) is 9.52. The van der Waals surface area contributed by atoms with Gasteiger partial charge in [-0.15, -0.1) is 0 Å². The van der Waals surface area contributed by atoms with Crippen molar-refractivity contribution in [1.29, 1.82) is 0 Å². The fraction of sp³-hybridized carbons (Fsp3) is 1.00. The van der Waals surface area contributed by atoms with Gasteiger partial charge in [0, 0.05) is 0 Å². The normalized spacial score (nSPS) is 48.8. The van der Waals surface area contributed by atoms with Gasteiger partial charge < -0.3 is 4.74 Å². The van der Waals surface area contributed by atoms with Crippen molar-refractivity contribution in [2.45, 2.75) is 84.3 Å². The molecule has 16 heavy (non-hydrogen) atoms. The summed E-state index contributed by atoms with van der Waals surface area (Å²) in [5, 5.41) is 0. The van der Waals surface area contributed by atoms with E-state index in [0.717, 1.165) is 12.3 Å². The third-order valence-electron chi connectivity index (χ3n) is 5.34. The second-order valence-electron chi connectivity index (χ2n) is 6.47. The molecule has 4 unspecified atom stereocenters. The van der Waals surface area contributed by atoms with Crippen LogP contribution < -0.4 is 0 Å². The molecule has 1 nitrogen and oxygen atoms in total. The summed E-state index contributed by atoms with van der Waals surface area (Å²) in [6.07, 6.45) is 9.78. The van der Waals surface area contributed by atoms with E-state index < -0.39 is 0 Å². The summed E-state index contributed by atoms with van der Waals surface area (Å²) in [7, 11) is 0. The monoisotopic (exact) mass is 224 g/mol. The molecule has 94 valence electrons. The van der Waals surface area contributed by atoms with Crippen molar-refractivity contribution in [3.05, 3.63) is 0 Å². The van der Waals surface area contributed by atoms with E-state index in [1.54, 1.807) is 0 Å². The SMILES string of the molecule is CCC1C2(C)CCCCC(C2)OC1(C)CC. The summed E-state index contributed by atoms with van der Waals surface area (Å²) in [5.41, 5.74) is 0.676. The molecule has 1 aliphatic heterocycles. The minimum atomic E-state index is 0.136. The molecule has 1 saturated carbocycles. The van der Waals surface area contributed by atoms with Gasteiger partial charge in [0.15, 0.2) is 0 Å². The number of fused-ring (bicyclic) bond motifs is 2. The van der Waals surface area contributed by atoms with Gasteiger partial charge in [-0.3, -0.25) is 0 Å². The van der Waals surface area contributed by atoms with Crippen LogP contribution in [0.1, 0.15) is 72.6 Å². The van der Waals surface area contributed by atoms with Crippen molar-refractivity contribution in [2.24, 2.45) is 11.3 Å². The Bertz CT molecular complexity index is 250. The quantitative estimate of drug-likeness (QED) is 0.668. The van der Waals surface area contributed by atoms with Crippen molar-refractivity contribution in [3.8, 4) is 0 Å². The molecular weight excluding hydrogens is 196 g/mol. The maximum atomic E-state index is 6.44. The summed E-state index contributed by atoms with van der Waals surface area (Å²) in [6, 6.07) is 0. The molecule has 4 atom stereocenters. The summed E-state index contributed by atoms with van der Waals surface area (Å²) in [4.78, 5) is 0. The van der Waals surface area contributed by atoms with Gasteiger partial charge in [-0.05, 0) is 43.9 Å². The lowest BCUT2D eigenvalue weighted by Crippen LogP contribution is -2.53. The maximum Gasteiger partial charge on any atom is 0.0688 e. The minimum absolute atomic E-state index is 0.136. The first-order chi connectivity index (χ1) is 7.54. The molecule has 2 fully saturated rings. The molecular formula is C15H28O. The lowest BCUT2D eigenvalue weighted by atomic mass is 9.61. The molecule has 1 aliphatic carbocycles. The second-order valence-corrected chi connectivity index (χ2v) is 6.47. The Morgan fingerprint density at radius 2 is 1.94 bits per heavy atom. The highest BCUT2D eigenvalue weighted by Gasteiger charge is 2.51. The van der Waals surface area contributed by atoms with E-state index in [4.69, 9.17) is 4.74 Å². The minimum Gasteiger partial charge on any atom is -0.372 e. The number of ether oxygens (including phenoxy) is 1. The number of hydrogen-bond acceptors (Lipinski definition) is 1. The van der Waals surface area contributed by atoms with Gasteiger partial charge in [0.05, 0.1) is 11.7 Å². The molecule has 1 saturated heterocycles. The molecule has 0 N–H and O–H groups in total. The van der Waals surface area contributed by atoms with Crippen LogP contribution in [0.4, 0.5) is 0 Å². The summed E-state index contributed by atoms with van der Waals surface area (Å²) >= 11 is 0. The second kappa shape index (κ2) is 4.33. The topological polar surface area (TPSA) is 9.23 Å². The molecule has 0 aromatic rings. The fourth-order valence-corrected chi connectivity index (χ4v) is 4.50. The Balaban J connectivity index is 2.30. The van der Waals surface area contributed by atoms with E-state index in [1.807, 2.05) is 0 Å². The molecule has 2 aliphatic rings. The van der Waals surface area contributed by atoms with Crippen LogP contribution in [0.15, 0.2) is 0 Å². The Labute approximate surface area is 101 Å². The smallest absolute Gasteiger partial charge is 0.0688 e. The van der Waals surface area contributed by atoms with Crippen molar-refractivity contribution >= 4 is 0 Å². The van der Waals surface area contributed by atoms with Crippen LogP contribution in [0.5, 0.6) is 0 Å². The highest BCUT2D eigenvalue weighted by molar-refractivity contribution is 5.00. The zero-order valence-electron chi connectivity index (χ0n) is 11.5. The van der Waals surface area contributed by atoms with Gasteiger partial charge in [-0.1, -0.05) is 40.0 Å². The summed E-state index contributed by atoms with van der Waals surface area (Å²) < 4.78 is 6.44. The van der Waals surface area contributed by atoms with Crippen LogP contribution in [-0.2, 0) is 4.74 Å². The Kier molecular flexibility index (Phi) is 3.36. The lowest BCUT2D eigenvalue weighted by Gasteiger charge is -2.54. The van der Waals surface area contributed by atoms with Crippen LogP contribution in [0, 0.1) is 11.3 Å². The zero-order valence-corrected chi connectivity index (χ0v) is 11.5. The molecule has 0 radical (unpaired) electrons. The maximum absolute atomic E-state index is 6.44. The first kappa shape index (κ1) is 12.4. The third-order valence-corrected chi connectivity index (χ3v) is 5.34. The van der Waals surface area contributed by atoms with Gasteiger partial charge in [0.1, 0.15) is 0 Å². The molecule has 0 aromatic carbocycles. The third kappa shape index (κ3) is 1.92. The van der Waals surface area contributed by atoms with Crippen molar-refractivity contribution in [2.75, 3.05) is 0 Å². The number of hydrogen-bond donors (Lipinski definition) is 0.